The van der Waals surface area contributed by atoms with E-state index >= 15 is 0 Å². The molecule has 0 bridgehead atoms. The second kappa shape index (κ2) is 9.91. The van der Waals surface area contributed by atoms with Crippen molar-refractivity contribution in [2.45, 2.75) is 50.2 Å². The van der Waals surface area contributed by atoms with Gasteiger partial charge in [0.25, 0.3) is 0 Å². The maximum Gasteiger partial charge on any atom is 0.409 e. The molecule has 7 nitrogen and oxygen atoms in total. The normalized spacial score (nSPS) is 28.1. The first kappa shape index (κ1) is 22.1. The molecule has 2 atom stereocenters. The summed E-state index contributed by atoms with van der Waals surface area (Å²) in [5, 5.41) is 0. The molecule has 1 aromatic carbocycles. The summed E-state index contributed by atoms with van der Waals surface area (Å²) >= 11 is 0. The van der Waals surface area contributed by atoms with Crippen molar-refractivity contribution in [2.24, 2.45) is 5.92 Å². The molecule has 0 radical (unpaired) electrons. The summed E-state index contributed by atoms with van der Waals surface area (Å²) in [6, 6.07) is 10.3. The number of methoxy groups -OCH3 is 1. The topological polar surface area (TPSA) is 84.9 Å². The highest BCUT2D eigenvalue weighted by Crippen LogP contribution is 2.36. The summed E-state index contributed by atoms with van der Waals surface area (Å²) in [5.74, 6) is 1.07. The van der Waals surface area contributed by atoms with E-state index in [1.165, 1.54) is 12.7 Å². The highest BCUT2D eigenvalue weighted by Gasteiger charge is 2.35. The molecule has 1 saturated carbocycles. The number of hydrogen-bond acceptors (Lipinski definition) is 5. The number of rotatable bonds is 6. The van der Waals surface area contributed by atoms with Crippen LogP contribution in [0, 0.1) is 5.92 Å². The largest absolute Gasteiger partial charge is 0.453 e. The highest BCUT2D eigenvalue weighted by atomic mass is 32.2. The number of benzene rings is 1. The third-order valence-electron chi connectivity index (χ3n) is 6.02. The first-order chi connectivity index (χ1) is 13.9. The van der Waals surface area contributed by atoms with E-state index in [1.54, 1.807) is 4.90 Å². The van der Waals surface area contributed by atoms with Crippen LogP contribution in [-0.4, -0.2) is 64.6 Å². The highest BCUT2D eigenvalue weighted by molar-refractivity contribution is 7.88. The van der Waals surface area contributed by atoms with Crippen LogP contribution in [-0.2, 0) is 19.5 Å². The number of sulfonamides is 1. The van der Waals surface area contributed by atoms with Crippen LogP contribution in [0.5, 0.6) is 0 Å². The number of likely N-dealkylation sites (tertiary alicyclic amines) is 1. The molecular weight excluding hydrogens is 392 g/mol. The summed E-state index contributed by atoms with van der Waals surface area (Å²) in [4.78, 5) is 13.5. The van der Waals surface area contributed by atoms with Gasteiger partial charge in [0.15, 0.2) is 0 Å². The van der Waals surface area contributed by atoms with E-state index in [9.17, 15) is 13.2 Å². The molecule has 1 amide bonds. The van der Waals surface area contributed by atoms with Gasteiger partial charge in [0, 0.05) is 13.2 Å². The fourth-order valence-corrected chi connectivity index (χ4v) is 5.26. The van der Waals surface area contributed by atoms with Crippen LogP contribution < -0.4 is 4.72 Å². The predicted molar refractivity (Wildman–Crippen MR) is 111 cm³/mol. The maximum atomic E-state index is 11.9. The van der Waals surface area contributed by atoms with Crippen molar-refractivity contribution >= 4 is 16.1 Å². The molecule has 29 heavy (non-hydrogen) atoms. The number of nitrogens with one attached hydrogen (secondary N) is 1. The second-order valence-corrected chi connectivity index (χ2v) is 9.98. The number of hydrogen-bond donors (Lipinski definition) is 1. The minimum absolute atomic E-state index is 0.327. The van der Waals surface area contributed by atoms with Gasteiger partial charge >= 0.3 is 6.09 Å². The van der Waals surface area contributed by atoms with Crippen LogP contribution in [0.1, 0.15) is 43.6 Å². The average molecular weight is 425 g/mol. The minimum Gasteiger partial charge on any atom is -0.453 e. The SMILES string of the molecule is COC(=O)N1CC[C@H](NS(C)(=O)=O)[C@H](OCC2CCC(c3ccccc3)CC2)C1. The number of ether oxygens (including phenoxy) is 2. The zero-order valence-electron chi connectivity index (χ0n) is 17.2. The van der Waals surface area contributed by atoms with Crippen molar-refractivity contribution in [3.8, 4) is 0 Å². The van der Waals surface area contributed by atoms with E-state index in [1.807, 2.05) is 6.07 Å². The van der Waals surface area contributed by atoms with Crippen molar-refractivity contribution in [3.05, 3.63) is 35.9 Å². The molecule has 1 saturated heterocycles. The van der Waals surface area contributed by atoms with Gasteiger partial charge in [-0.3, -0.25) is 0 Å². The maximum absolute atomic E-state index is 11.9. The standard InChI is InChI=1S/C21H32N2O5S/c1-27-21(24)23-13-12-19(22-29(2,25)26)20(14-23)28-15-16-8-10-18(11-9-16)17-6-4-3-5-7-17/h3-7,16,18-20,22H,8-15H2,1-2H3/t16?,18?,19-,20+/m0/s1. The van der Waals surface area contributed by atoms with Crippen LogP contribution in [0.4, 0.5) is 4.79 Å². The third-order valence-corrected chi connectivity index (χ3v) is 6.75. The molecule has 1 N–H and O–H groups in total. The van der Waals surface area contributed by atoms with Gasteiger partial charge < -0.3 is 14.4 Å². The van der Waals surface area contributed by atoms with E-state index in [-0.39, 0.29) is 12.1 Å². The quantitative estimate of drug-likeness (QED) is 0.759. The second-order valence-electron chi connectivity index (χ2n) is 8.20. The van der Waals surface area contributed by atoms with E-state index in [2.05, 4.69) is 29.0 Å². The Morgan fingerprint density at radius 1 is 1.14 bits per heavy atom. The summed E-state index contributed by atoms with van der Waals surface area (Å²) in [6.45, 7) is 1.37. The summed E-state index contributed by atoms with van der Waals surface area (Å²) in [5.41, 5.74) is 1.41. The molecule has 2 fully saturated rings. The lowest BCUT2D eigenvalue weighted by atomic mass is 9.79. The van der Waals surface area contributed by atoms with Gasteiger partial charge in [-0.25, -0.2) is 17.9 Å². The monoisotopic (exact) mass is 424 g/mol. The third kappa shape index (κ3) is 6.42. The molecule has 162 valence electrons. The van der Waals surface area contributed by atoms with Crippen molar-refractivity contribution < 1.29 is 22.7 Å². The molecule has 0 spiro atoms. The smallest absolute Gasteiger partial charge is 0.409 e. The van der Waals surface area contributed by atoms with Crippen molar-refractivity contribution in [2.75, 3.05) is 33.1 Å². The first-order valence-corrected chi connectivity index (χ1v) is 12.2. The van der Waals surface area contributed by atoms with Crippen molar-refractivity contribution in [3.63, 3.8) is 0 Å². The Labute approximate surface area is 173 Å². The van der Waals surface area contributed by atoms with Crippen LogP contribution >= 0.6 is 0 Å². The Balaban J connectivity index is 1.53. The van der Waals surface area contributed by atoms with Gasteiger partial charge in [-0.05, 0) is 49.5 Å². The Kier molecular flexibility index (Phi) is 7.54. The van der Waals surface area contributed by atoms with Crippen LogP contribution in [0.2, 0.25) is 0 Å². The molecule has 3 rings (SSSR count). The van der Waals surface area contributed by atoms with Gasteiger partial charge in [0.05, 0.1) is 32.1 Å². The Morgan fingerprint density at radius 3 is 2.45 bits per heavy atom. The van der Waals surface area contributed by atoms with E-state index < -0.39 is 16.1 Å². The zero-order chi connectivity index (χ0) is 20.9. The fourth-order valence-electron chi connectivity index (χ4n) is 4.44. The van der Waals surface area contributed by atoms with Crippen LogP contribution in [0.15, 0.2) is 30.3 Å². The van der Waals surface area contributed by atoms with Gasteiger partial charge in [-0.2, -0.15) is 0 Å². The minimum atomic E-state index is -3.35. The van der Waals surface area contributed by atoms with Gasteiger partial charge in [0.2, 0.25) is 10.0 Å². The van der Waals surface area contributed by atoms with E-state index in [0.717, 1.165) is 31.9 Å². The molecule has 1 aliphatic carbocycles. The Hall–Kier alpha value is -1.64. The van der Waals surface area contributed by atoms with Gasteiger partial charge in [-0.1, -0.05) is 30.3 Å². The molecule has 8 heteroatoms. The van der Waals surface area contributed by atoms with Gasteiger partial charge in [-0.15, -0.1) is 0 Å². The summed E-state index contributed by atoms with van der Waals surface area (Å²) in [6.07, 6.45) is 5.36. The molecule has 0 unspecified atom stereocenters. The molecule has 0 aromatic heterocycles. The Morgan fingerprint density at radius 2 is 1.83 bits per heavy atom. The van der Waals surface area contributed by atoms with Crippen molar-refractivity contribution in [1.82, 2.24) is 9.62 Å². The fraction of sp³-hybridized carbons (Fsp3) is 0.667. The number of carbonyl (C=O) groups excluding carboxylic acids is 1. The van der Waals surface area contributed by atoms with Crippen molar-refractivity contribution in [1.29, 1.82) is 0 Å². The lowest BCUT2D eigenvalue weighted by Crippen LogP contribution is -2.56. The van der Waals surface area contributed by atoms with E-state index in [4.69, 9.17) is 9.47 Å². The molecular formula is C21H32N2O5S. The zero-order valence-corrected chi connectivity index (χ0v) is 18.1. The van der Waals surface area contributed by atoms with Gasteiger partial charge in [0.1, 0.15) is 0 Å². The summed E-state index contributed by atoms with van der Waals surface area (Å²) < 4.78 is 37.1. The summed E-state index contributed by atoms with van der Waals surface area (Å²) in [7, 11) is -1.99. The first-order valence-electron chi connectivity index (χ1n) is 10.3. The molecule has 1 heterocycles. The lowest BCUT2D eigenvalue weighted by Gasteiger charge is -2.38. The number of amides is 1. The average Bonchev–Trinajstić information content (AvgIpc) is 2.72. The van der Waals surface area contributed by atoms with Crippen LogP contribution in [0.3, 0.4) is 0 Å². The number of nitrogens with zero attached hydrogens (tertiary/aromatic N) is 1. The predicted octanol–water partition coefficient (Wildman–Crippen LogP) is 2.74. The van der Waals surface area contributed by atoms with E-state index in [0.29, 0.717) is 38.0 Å². The van der Waals surface area contributed by atoms with Crippen LogP contribution in [0.25, 0.3) is 0 Å². The lowest BCUT2D eigenvalue weighted by molar-refractivity contribution is -0.0330. The molecule has 1 aromatic rings. The molecule has 1 aliphatic heterocycles. The Bertz CT molecular complexity index is 763. The molecule has 2 aliphatic rings. The number of piperidine rings is 1. The number of carbonyl (C=O) groups is 1.